The van der Waals surface area contributed by atoms with Crippen molar-refractivity contribution in [2.75, 3.05) is 25.5 Å². The normalized spacial score (nSPS) is 23.3. The molecule has 5 heteroatoms. The van der Waals surface area contributed by atoms with Crippen LogP contribution in [0.4, 0.5) is 5.69 Å². The lowest BCUT2D eigenvalue weighted by Crippen LogP contribution is -2.48. The van der Waals surface area contributed by atoms with Gasteiger partial charge in [0.2, 0.25) is 0 Å². The number of benzene rings is 1. The second kappa shape index (κ2) is 5.39. The Morgan fingerprint density at radius 3 is 2.89 bits per heavy atom. The SMILES string of the molecule is CNc1ccc(Cl)cc1C(=O)N1CCCC(C)(O)C1. The van der Waals surface area contributed by atoms with E-state index in [0.29, 0.717) is 23.7 Å². The van der Waals surface area contributed by atoms with Crippen LogP contribution in [0.3, 0.4) is 0 Å². The van der Waals surface area contributed by atoms with E-state index in [-0.39, 0.29) is 5.91 Å². The molecule has 0 radical (unpaired) electrons. The zero-order chi connectivity index (χ0) is 14.0. The van der Waals surface area contributed by atoms with E-state index in [1.807, 2.05) is 0 Å². The van der Waals surface area contributed by atoms with Crippen LogP contribution in [0.1, 0.15) is 30.1 Å². The van der Waals surface area contributed by atoms with Gasteiger partial charge in [0, 0.05) is 30.8 Å². The lowest BCUT2D eigenvalue weighted by Gasteiger charge is -2.37. The highest BCUT2D eigenvalue weighted by Crippen LogP contribution is 2.26. The van der Waals surface area contributed by atoms with Crippen LogP contribution < -0.4 is 5.32 Å². The highest BCUT2D eigenvalue weighted by Gasteiger charge is 2.32. The first-order valence-corrected chi connectivity index (χ1v) is 6.80. The van der Waals surface area contributed by atoms with Crippen molar-refractivity contribution >= 4 is 23.2 Å². The van der Waals surface area contributed by atoms with Gasteiger partial charge in [0.25, 0.3) is 5.91 Å². The van der Waals surface area contributed by atoms with E-state index in [1.165, 1.54) is 0 Å². The molecule has 1 saturated heterocycles. The third-order valence-corrected chi connectivity index (χ3v) is 3.68. The van der Waals surface area contributed by atoms with E-state index in [1.54, 1.807) is 37.1 Å². The Kier molecular flexibility index (Phi) is 4.02. The van der Waals surface area contributed by atoms with Crippen molar-refractivity contribution in [1.29, 1.82) is 0 Å². The molecule has 1 fully saturated rings. The number of β-amino-alcohol motifs (C(OH)–C–C–N with tert-alkyl or cyclic N) is 1. The molecule has 104 valence electrons. The third kappa shape index (κ3) is 3.19. The number of likely N-dealkylation sites (tertiary alicyclic amines) is 1. The minimum atomic E-state index is -0.799. The molecule has 1 unspecified atom stereocenters. The molecule has 1 atom stereocenters. The highest BCUT2D eigenvalue weighted by atomic mass is 35.5. The molecule has 1 amide bonds. The maximum absolute atomic E-state index is 12.5. The molecule has 1 aliphatic rings. The van der Waals surface area contributed by atoms with Crippen LogP contribution in [0, 0.1) is 0 Å². The van der Waals surface area contributed by atoms with E-state index >= 15 is 0 Å². The molecule has 2 N–H and O–H groups in total. The van der Waals surface area contributed by atoms with Crippen LogP contribution in [0.2, 0.25) is 5.02 Å². The lowest BCUT2D eigenvalue weighted by atomic mass is 9.94. The van der Waals surface area contributed by atoms with E-state index in [2.05, 4.69) is 5.32 Å². The number of amides is 1. The first-order chi connectivity index (χ1) is 8.93. The Morgan fingerprint density at radius 1 is 1.53 bits per heavy atom. The van der Waals surface area contributed by atoms with Crippen molar-refractivity contribution < 1.29 is 9.90 Å². The van der Waals surface area contributed by atoms with Gasteiger partial charge >= 0.3 is 0 Å². The number of anilines is 1. The van der Waals surface area contributed by atoms with Gasteiger partial charge in [0.15, 0.2) is 0 Å². The fraction of sp³-hybridized carbons (Fsp3) is 0.500. The smallest absolute Gasteiger partial charge is 0.256 e. The van der Waals surface area contributed by atoms with Gasteiger partial charge in [-0.1, -0.05) is 11.6 Å². The van der Waals surface area contributed by atoms with E-state index in [0.717, 1.165) is 18.5 Å². The number of aliphatic hydroxyl groups is 1. The summed E-state index contributed by atoms with van der Waals surface area (Å²) in [5.74, 6) is -0.0909. The van der Waals surface area contributed by atoms with Crippen molar-refractivity contribution in [1.82, 2.24) is 4.90 Å². The fourth-order valence-corrected chi connectivity index (χ4v) is 2.65. The lowest BCUT2D eigenvalue weighted by molar-refractivity contribution is -0.0107. The predicted molar refractivity (Wildman–Crippen MR) is 76.8 cm³/mol. The van der Waals surface area contributed by atoms with Crippen molar-refractivity contribution in [2.45, 2.75) is 25.4 Å². The van der Waals surface area contributed by atoms with E-state index in [4.69, 9.17) is 11.6 Å². The molecule has 0 spiro atoms. The van der Waals surface area contributed by atoms with Gasteiger partial charge in [-0.25, -0.2) is 0 Å². The Hall–Kier alpha value is -1.26. The molecule has 1 aromatic carbocycles. The molecule has 0 bridgehead atoms. The van der Waals surface area contributed by atoms with Crippen LogP contribution in [-0.4, -0.2) is 41.7 Å². The van der Waals surface area contributed by atoms with Gasteiger partial charge in [0.1, 0.15) is 0 Å². The number of piperidine rings is 1. The summed E-state index contributed by atoms with van der Waals surface area (Å²) >= 11 is 5.96. The Bertz CT molecular complexity index is 488. The molecular formula is C14H19ClN2O2. The molecule has 19 heavy (non-hydrogen) atoms. The molecular weight excluding hydrogens is 264 g/mol. The Morgan fingerprint density at radius 2 is 2.26 bits per heavy atom. The Balaban J connectivity index is 2.26. The predicted octanol–water partition coefficient (Wildman–Crippen LogP) is 2.37. The van der Waals surface area contributed by atoms with Gasteiger partial charge in [-0.05, 0) is 38.0 Å². The topological polar surface area (TPSA) is 52.6 Å². The van der Waals surface area contributed by atoms with Gasteiger partial charge in [0.05, 0.1) is 11.2 Å². The number of halogens is 1. The van der Waals surface area contributed by atoms with Gasteiger partial charge in [-0.2, -0.15) is 0 Å². The summed E-state index contributed by atoms with van der Waals surface area (Å²) in [4.78, 5) is 14.2. The minimum Gasteiger partial charge on any atom is -0.388 e. The van der Waals surface area contributed by atoms with Gasteiger partial charge in [-0.3, -0.25) is 4.79 Å². The molecule has 1 aliphatic heterocycles. The van der Waals surface area contributed by atoms with Crippen LogP contribution in [0.25, 0.3) is 0 Å². The summed E-state index contributed by atoms with van der Waals surface area (Å²) in [6.07, 6.45) is 1.54. The molecule has 1 heterocycles. The summed E-state index contributed by atoms with van der Waals surface area (Å²) in [6.45, 7) is 2.80. The average Bonchev–Trinajstić information content (AvgIpc) is 2.36. The molecule has 2 rings (SSSR count). The van der Waals surface area contributed by atoms with Crippen LogP contribution in [0.15, 0.2) is 18.2 Å². The number of carbonyl (C=O) groups is 1. The van der Waals surface area contributed by atoms with Gasteiger partial charge in [-0.15, -0.1) is 0 Å². The van der Waals surface area contributed by atoms with Crippen molar-refractivity contribution in [3.63, 3.8) is 0 Å². The molecule has 0 saturated carbocycles. The maximum atomic E-state index is 12.5. The first kappa shape index (κ1) is 14.2. The zero-order valence-electron chi connectivity index (χ0n) is 11.2. The summed E-state index contributed by atoms with van der Waals surface area (Å²) in [7, 11) is 1.77. The van der Waals surface area contributed by atoms with E-state index < -0.39 is 5.60 Å². The fourth-order valence-electron chi connectivity index (χ4n) is 2.48. The van der Waals surface area contributed by atoms with Crippen molar-refractivity contribution in [3.8, 4) is 0 Å². The summed E-state index contributed by atoms with van der Waals surface area (Å²) in [5.41, 5.74) is 0.499. The molecule has 0 aliphatic carbocycles. The van der Waals surface area contributed by atoms with Crippen LogP contribution >= 0.6 is 11.6 Å². The standard InChI is InChI=1S/C14H19ClN2O2/c1-14(19)6-3-7-17(9-14)13(18)11-8-10(15)4-5-12(11)16-2/h4-5,8,16,19H,3,6-7,9H2,1-2H3. The number of nitrogens with zero attached hydrogens (tertiary/aromatic N) is 1. The monoisotopic (exact) mass is 282 g/mol. The molecule has 1 aromatic rings. The minimum absolute atomic E-state index is 0.0909. The van der Waals surface area contributed by atoms with Crippen molar-refractivity contribution in [3.05, 3.63) is 28.8 Å². The van der Waals surface area contributed by atoms with Crippen molar-refractivity contribution in [2.24, 2.45) is 0 Å². The average molecular weight is 283 g/mol. The first-order valence-electron chi connectivity index (χ1n) is 6.42. The summed E-state index contributed by atoms with van der Waals surface area (Å²) in [6, 6.07) is 5.20. The molecule has 4 nitrogen and oxygen atoms in total. The number of rotatable bonds is 2. The summed E-state index contributed by atoms with van der Waals surface area (Å²) in [5, 5.41) is 13.6. The second-order valence-corrected chi connectivity index (χ2v) is 5.70. The zero-order valence-corrected chi connectivity index (χ0v) is 12.0. The Labute approximate surface area is 118 Å². The quantitative estimate of drug-likeness (QED) is 0.876. The van der Waals surface area contributed by atoms with Crippen LogP contribution in [0.5, 0.6) is 0 Å². The second-order valence-electron chi connectivity index (χ2n) is 5.27. The van der Waals surface area contributed by atoms with Crippen LogP contribution in [-0.2, 0) is 0 Å². The largest absolute Gasteiger partial charge is 0.388 e. The third-order valence-electron chi connectivity index (χ3n) is 3.44. The highest BCUT2D eigenvalue weighted by molar-refractivity contribution is 6.31. The summed E-state index contributed by atoms with van der Waals surface area (Å²) < 4.78 is 0. The molecule has 0 aromatic heterocycles. The maximum Gasteiger partial charge on any atom is 0.256 e. The number of carbonyl (C=O) groups excluding carboxylic acids is 1. The number of hydrogen-bond donors (Lipinski definition) is 2. The van der Waals surface area contributed by atoms with E-state index in [9.17, 15) is 9.90 Å². The number of nitrogens with one attached hydrogen (secondary N) is 1. The number of hydrogen-bond acceptors (Lipinski definition) is 3. The van der Waals surface area contributed by atoms with Gasteiger partial charge < -0.3 is 15.3 Å².